The first kappa shape index (κ1) is 16.1. The normalized spacial score (nSPS) is 11.8. The zero-order valence-corrected chi connectivity index (χ0v) is 13.6. The van der Waals surface area contributed by atoms with E-state index < -0.39 is 6.10 Å². The number of nitrogens with one attached hydrogen (secondary N) is 1. The van der Waals surface area contributed by atoms with Gasteiger partial charge >= 0.3 is 0 Å². The molecule has 0 spiro atoms. The van der Waals surface area contributed by atoms with E-state index in [0.717, 1.165) is 34.5 Å². The van der Waals surface area contributed by atoms with Crippen LogP contribution in [0, 0.1) is 13.8 Å². The molecule has 0 bridgehead atoms. The van der Waals surface area contributed by atoms with Gasteiger partial charge in [-0.25, -0.2) is 0 Å². The lowest BCUT2D eigenvalue weighted by molar-refractivity contribution is -0.122. The molecule has 1 unspecified atom stereocenters. The molecule has 1 atom stereocenters. The minimum Gasteiger partial charge on any atom is -0.481 e. The van der Waals surface area contributed by atoms with Crippen molar-refractivity contribution in [3.05, 3.63) is 59.2 Å². The van der Waals surface area contributed by atoms with Crippen LogP contribution in [0.25, 0.3) is 0 Å². The van der Waals surface area contributed by atoms with Gasteiger partial charge in [0.2, 0.25) is 0 Å². The highest BCUT2D eigenvalue weighted by Gasteiger charge is 2.16. The highest BCUT2D eigenvalue weighted by atomic mass is 16.5. The Labute approximate surface area is 132 Å². The van der Waals surface area contributed by atoms with E-state index in [1.54, 1.807) is 6.92 Å². The third-order valence-corrected chi connectivity index (χ3v) is 3.53. The molecule has 2 aromatic carbocycles. The molecule has 3 heteroatoms. The van der Waals surface area contributed by atoms with Crippen LogP contribution in [0.4, 0.5) is 5.69 Å². The summed E-state index contributed by atoms with van der Waals surface area (Å²) in [5, 5.41) is 2.95. The maximum absolute atomic E-state index is 12.3. The third-order valence-electron chi connectivity index (χ3n) is 3.53. The summed E-state index contributed by atoms with van der Waals surface area (Å²) in [6.45, 7) is 7.87. The van der Waals surface area contributed by atoms with Gasteiger partial charge in [-0.3, -0.25) is 4.79 Å². The second-order valence-electron chi connectivity index (χ2n) is 5.58. The average Bonchev–Trinajstić information content (AvgIpc) is 2.46. The lowest BCUT2D eigenvalue weighted by atomic mass is 10.1. The fraction of sp³-hybridized carbons (Fsp3) is 0.316. The monoisotopic (exact) mass is 297 g/mol. The summed E-state index contributed by atoms with van der Waals surface area (Å²) in [5.41, 5.74) is 4.22. The fourth-order valence-electron chi connectivity index (χ4n) is 2.44. The van der Waals surface area contributed by atoms with Crippen LogP contribution in [0.1, 0.15) is 30.5 Å². The van der Waals surface area contributed by atoms with Crippen LogP contribution in [-0.4, -0.2) is 12.0 Å². The number of rotatable bonds is 5. The van der Waals surface area contributed by atoms with Gasteiger partial charge in [-0.1, -0.05) is 31.2 Å². The predicted molar refractivity (Wildman–Crippen MR) is 90.5 cm³/mol. The minimum atomic E-state index is -0.550. The van der Waals surface area contributed by atoms with Crippen LogP contribution in [0.3, 0.4) is 0 Å². The van der Waals surface area contributed by atoms with Gasteiger partial charge in [-0.2, -0.15) is 0 Å². The molecular weight excluding hydrogens is 274 g/mol. The highest BCUT2D eigenvalue weighted by molar-refractivity contribution is 5.94. The average molecular weight is 297 g/mol. The first-order valence-corrected chi connectivity index (χ1v) is 7.63. The van der Waals surface area contributed by atoms with Crippen molar-refractivity contribution in [2.75, 3.05) is 5.32 Å². The molecule has 22 heavy (non-hydrogen) atoms. The number of carbonyl (C=O) groups is 1. The van der Waals surface area contributed by atoms with Crippen LogP contribution in [-0.2, 0) is 11.2 Å². The lowest BCUT2D eigenvalue weighted by Gasteiger charge is -2.17. The molecule has 1 amide bonds. The lowest BCUT2D eigenvalue weighted by Crippen LogP contribution is -2.30. The van der Waals surface area contributed by atoms with E-state index in [9.17, 15) is 4.79 Å². The Morgan fingerprint density at radius 3 is 2.41 bits per heavy atom. The quantitative estimate of drug-likeness (QED) is 0.895. The Bertz CT molecular complexity index is 644. The molecule has 0 fully saturated rings. The molecule has 0 saturated carbocycles. The smallest absolute Gasteiger partial charge is 0.265 e. The van der Waals surface area contributed by atoms with Gasteiger partial charge in [0.25, 0.3) is 5.91 Å². The molecule has 0 saturated heterocycles. The Morgan fingerprint density at radius 2 is 1.77 bits per heavy atom. The van der Waals surface area contributed by atoms with E-state index in [-0.39, 0.29) is 5.91 Å². The van der Waals surface area contributed by atoms with Crippen molar-refractivity contribution < 1.29 is 9.53 Å². The SMILES string of the molecule is CCc1ccccc1NC(=O)C(C)Oc1cc(C)cc(C)c1. The van der Waals surface area contributed by atoms with Crippen LogP contribution in [0.5, 0.6) is 5.75 Å². The molecule has 0 radical (unpaired) electrons. The zero-order chi connectivity index (χ0) is 16.1. The second kappa shape index (κ2) is 7.12. The summed E-state index contributed by atoms with van der Waals surface area (Å²) in [6.07, 6.45) is 0.328. The summed E-state index contributed by atoms with van der Waals surface area (Å²) in [7, 11) is 0. The van der Waals surface area contributed by atoms with Gasteiger partial charge < -0.3 is 10.1 Å². The standard InChI is InChI=1S/C19H23NO2/c1-5-16-8-6-7-9-18(16)20-19(21)15(4)22-17-11-13(2)10-14(3)12-17/h6-12,15H,5H2,1-4H3,(H,20,21). The molecule has 2 aromatic rings. The minimum absolute atomic E-state index is 0.139. The van der Waals surface area contributed by atoms with Gasteiger partial charge in [-0.15, -0.1) is 0 Å². The Kier molecular flexibility index (Phi) is 5.21. The molecule has 0 aromatic heterocycles. The Hall–Kier alpha value is -2.29. The summed E-state index contributed by atoms with van der Waals surface area (Å²) in [6, 6.07) is 13.8. The van der Waals surface area contributed by atoms with Gasteiger partial charge in [0.05, 0.1) is 0 Å². The number of anilines is 1. The maximum Gasteiger partial charge on any atom is 0.265 e. The van der Waals surface area contributed by atoms with Crippen LogP contribution in [0.15, 0.2) is 42.5 Å². The van der Waals surface area contributed by atoms with Crippen molar-refractivity contribution in [2.24, 2.45) is 0 Å². The van der Waals surface area contributed by atoms with E-state index in [4.69, 9.17) is 4.74 Å². The molecule has 116 valence electrons. The first-order valence-electron chi connectivity index (χ1n) is 7.63. The van der Waals surface area contributed by atoms with Gasteiger partial charge in [-0.05, 0) is 62.1 Å². The fourth-order valence-corrected chi connectivity index (χ4v) is 2.44. The van der Waals surface area contributed by atoms with Crippen LogP contribution in [0.2, 0.25) is 0 Å². The number of carbonyl (C=O) groups excluding carboxylic acids is 1. The number of hydrogen-bond donors (Lipinski definition) is 1. The molecule has 3 nitrogen and oxygen atoms in total. The topological polar surface area (TPSA) is 38.3 Å². The molecule has 0 aliphatic rings. The van der Waals surface area contributed by atoms with Gasteiger partial charge in [0, 0.05) is 5.69 Å². The van der Waals surface area contributed by atoms with Gasteiger partial charge in [0.15, 0.2) is 6.10 Å². The van der Waals surface area contributed by atoms with Crippen molar-refractivity contribution in [2.45, 2.75) is 40.2 Å². The number of ether oxygens (including phenoxy) is 1. The van der Waals surface area contributed by atoms with Gasteiger partial charge in [0.1, 0.15) is 5.75 Å². The van der Waals surface area contributed by atoms with E-state index >= 15 is 0 Å². The Balaban J connectivity index is 2.06. The summed E-state index contributed by atoms with van der Waals surface area (Å²) in [5.74, 6) is 0.587. The first-order chi connectivity index (χ1) is 10.5. The van der Waals surface area contributed by atoms with Crippen molar-refractivity contribution in [3.8, 4) is 5.75 Å². The molecule has 2 rings (SSSR count). The van der Waals surface area contributed by atoms with E-state index in [1.807, 2.05) is 50.2 Å². The van der Waals surface area contributed by atoms with Crippen molar-refractivity contribution in [1.29, 1.82) is 0 Å². The van der Waals surface area contributed by atoms with Crippen LogP contribution >= 0.6 is 0 Å². The van der Waals surface area contributed by atoms with Crippen LogP contribution < -0.4 is 10.1 Å². The number of para-hydroxylation sites is 1. The summed E-state index contributed by atoms with van der Waals surface area (Å²) < 4.78 is 5.77. The number of amides is 1. The molecule has 0 heterocycles. The van der Waals surface area contributed by atoms with Crippen molar-refractivity contribution >= 4 is 11.6 Å². The molecule has 0 aliphatic carbocycles. The Morgan fingerprint density at radius 1 is 1.14 bits per heavy atom. The summed E-state index contributed by atoms with van der Waals surface area (Å²) in [4.78, 5) is 12.3. The maximum atomic E-state index is 12.3. The zero-order valence-electron chi connectivity index (χ0n) is 13.6. The summed E-state index contributed by atoms with van der Waals surface area (Å²) >= 11 is 0. The van der Waals surface area contributed by atoms with E-state index in [2.05, 4.69) is 18.3 Å². The number of benzene rings is 2. The predicted octanol–water partition coefficient (Wildman–Crippen LogP) is 4.27. The highest BCUT2D eigenvalue weighted by Crippen LogP contribution is 2.19. The largest absolute Gasteiger partial charge is 0.481 e. The van der Waals surface area contributed by atoms with E-state index in [1.165, 1.54) is 0 Å². The number of aryl methyl sites for hydroxylation is 3. The third kappa shape index (κ3) is 4.10. The van der Waals surface area contributed by atoms with E-state index in [0.29, 0.717) is 0 Å². The second-order valence-corrected chi connectivity index (χ2v) is 5.58. The molecule has 1 N–H and O–H groups in total. The van der Waals surface area contributed by atoms with Crippen molar-refractivity contribution in [1.82, 2.24) is 0 Å². The van der Waals surface area contributed by atoms with Crippen molar-refractivity contribution in [3.63, 3.8) is 0 Å². The molecule has 0 aliphatic heterocycles. The molecular formula is C19H23NO2. The number of hydrogen-bond acceptors (Lipinski definition) is 2.